The van der Waals surface area contributed by atoms with Crippen molar-refractivity contribution in [2.75, 3.05) is 10.6 Å². The van der Waals surface area contributed by atoms with Gasteiger partial charge in [-0.25, -0.2) is 4.39 Å². The average molecular weight is 637 g/mol. The van der Waals surface area contributed by atoms with E-state index in [2.05, 4.69) is 16.0 Å². The highest BCUT2D eigenvalue weighted by molar-refractivity contribution is 8.01. The summed E-state index contributed by atoms with van der Waals surface area (Å²) in [6.07, 6.45) is 1.20. The SMILES string of the molecule is Cc1c(Cl)cccc1NC(=O)C(C)(C)Sc1ccc(NC(=O)C(=Cc2c(F)cccc2Cl)NC(=O)c2ccccc2)cc1. The Bertz CT molecular complexity index is 1670. The topological polar surface area (TPSA) is 87.3 Å². The van der Waals surface area contributed by atoms with Crippen LogP contribution in [0.2, 0.25) is 10.0 Å². The van der Waals surface area contributed by atoms with Gasteiger partial charge in [-0.2, -0.15) is 0 Å². The normalized spacial score (nSPS) is 11.5. The van der Waals surface area contributed by atoms with Crippen LogP contribution in [-0.4, -0.2) is 22.5 Å². The molecule has 4 aromatic rings. The first kappa shape index (κ1) is 31.8. The van der Waals surface area contributed by atoms with Gasteiger partial charge in [0, 0.05) is 32.4 Å². The number of rotatable bonds is 9. The molecule has 3 N–H and O–H groups in total. The maximum Gasteiger partial charge on any atom is 0.272 e. The molecule has 0 aliphatic rings. The standard InChI is InChI=1S/C33H28Cl2FN3O3S/c1-20-25(34)11-8-14-28(20)39-32(42)33(2,3)43-23-17-15-22(16-18-23)37-31(41)29(19-24-26(35)12-7-13-27(24)36)38-30(40)21-9-5-4-6-10-21/h4-19H,1-3H3,(H,37,41)(H,38,40)(H,39,42). The molecule has 0 atom stereocenters. The van der Waals surface area contributed by atoms with Gasteiger partial charge in [0.1, 0.15) is 11.5 Å². The number of amides is 3. The highest BCUT2D eigenvalue weighted by Gasteiger charge is 2.29. The van der Waals surface area contributed by atoms with Gasteiger partial charge in [-0.05, 0) is 93.1 Å². The largest absolute Gasteiger partial charge is 0.325 e. The predicted molar refractivity (Wildman–Crippen MR) is 173 cm³/mol. The molecule has 4 aromatic carbocycles. The number of thioether (sulfide) groups is 1. The Morgan fingerprint density at radius 2 is 1.47 bits per heavy atom. The number of carbonyl (C=O) groups is 3. The van der Waals surface area contributed by atoms with Crippen LogP contribution in [0.5, 0.6) is 0 Å². The van der Waals surface area contributed by atoms with Gasteiger partial charge >= 0.3 is 0 Å². The highest BCUT2D eigenvalue weighted by atomic mass is 35.5. The summed E-state index contributed by atoms with van der Waals surface area (Å²) in [5, 5.41) is 8.88. The lowest BCUT2D eigenvalue weighted by Gasteiger charge is -2.24. The molecule has 0 unspecified atom stereocenters. The number of halogens is 3. The van der Waals surface area contributed by atoms with Crippen molar-refractivity contribution in [2.45, 2.75) is 30.4 Å². The van der Waals surface area contributed by atoms with Gasteiger partial charge in [0.15, 0.2) is 0 Å². The summed E-state index contributed by atoms with van der Waals surface area (Å²) in [5.74, 6) is -2.07. The van der Waals surface area contributed by atoms with E-state index in [1.807, 2.05) is 20.8 Å². The quantitative estimate of drug-likeness (QED) is 0.127. The molecule has 0 heterocycles. The summed E-state index contributed by atoms with van der Waals surface area (Å²) in [6.45, 7) is 5.45. The summed E-state index contributed by atoms with van der Waals surface area (Å²) in [7, 11) is 0. The summed E-state index contributed by atoms with van der Waals surface area (Å²) in [4.78, 5) is 40.0. The van der Waals surface area contributed by atoms with E-state index in [4.69, 9.17) is 23.2 Å². The zero-order valence-electron chi connectivity index (χ0n) is 23.5. The monoisotopic (exact) mass is 635 g/mol. The Morgan fingerprint density at radius 3 is 2.14 bits per heavy atom. The molecule has 0 saturated carbocycles. The Balaban J connectivity index is 1.49. The second-order valence-corrected chi connectivity index (χ2v) is 12.5. The molecule has 0 aliphatic carbocycles. The van der Waals surface area contributed by atoms with E-state index in [9.17, 15) is 18.8 Å². The van der Waals surface area contributed by atoms with Crippen LogP contribution < -0.4 is 16.0 Å². The molecule has 0 bridgehead atoms. The fraction of sp³-hybridized carbons (Fsp3) is 0.121. The zero-order valence-corrected chi connectivity index (χ0v) is 25.8. The highest BCUT2D eigenvalue weighted by Crippen LogP contribution is 2.35. The van der Waals surface area contributed by atoms with Gasteiger partial charge in [0.2, 0.25) is 5.91 Å². The Morgan fingerprint density at radius 1 is 0.814 bits per heavy atom. The molecule has 3 amide bonds. The smallest absolute Gasteiger partial charge is 0.272 e. The van der Waals surface area contributed by atoms with Crippen molar-refractivity contribution in [3.63, 3.8) is 0 Å². The number of nitrogens with one attached hydrogen (secondary N) is 3. The van der Waals surface area contributed by atoms with Crippen LogP contribution in [-0.2, 0) is 9.59 Å². The third-order valence-electron chi connectivity index (χ3n) is 6.37. The Hall–Kier alpha value is -4.11. The van der Waals surface area contributed by atoms with Crippen molar-refractivity contribution in [2.24, 2.45) is 0 Å². The predicted octanol–water partition coefficient (Wildman–Crippen LogP) is 8.36. The zero-order chi connectivity index (χ0) is 31.1. The number of hydrogen-bond donors (Lipinski definition) is 3. The number of hydrogen-bond acceptors (Lipinski definition) is 4. The van der Waals surface area contributed by atoms with Crippen molar-refractivity contribution in [3.8, 4) is 0 Å². The minimum Gasteiger partial charge on any atom is -0.325 e. The van der Waals surface area contributed by atoms with E-state index in [1.165, 1.54) is 36.0 Å². The van der Waals surface area contributed by atoms with Crippen LogP contribution in [0, 0.1) is 12.7 Å². The fourth-order valence-electron chi connectivity index (χ4n) is 3.90. The van der Waals surface area contributed by atoms with E-state index < -0.39 is 22.4 Å². The van der Waals surface area contributed by atoms with Crippen molar-refractivity contribution in [1.29, 1.82) is 0 Å². The Kier molecular flexibility index (Phi) is 10.3. The first-order valence-electron chi connectivity index (χ1n) is 13.1. The van der Waals surface area contributed by atoms with E-state index in [0.717, 1.165) is 10.5 Å². The van der Waals surface area contributed by atoms with Gasteiger partial charge in [-0.3, -0.25) is 14.4 Å². The number of carbonyl (C=O) groups excluding carboxylic acids is 3. The lowest BCUT2D eigenvalue weighted by atomic mass is 10.1. The summed E-state index contributed by atoms with van der Waals surface area (Å²) < 4.78 is 13.7. The third-order valence-corrected chi connectivity index (χ3v) is 8.31. The lowest BCUT2D eigenvalue weighted by Crippen LogP contribution is -2.34. The van der Waals surface area contributed by atoms with Crippen molar-refractivity contribution >= 4 is 70.1 Å². The van der Waals surface area contributed by atoms with Crippen molar-refractivity contribution < 1.29 is 18.8 Å². The van der Waals surface area contributed by atoms with E-state index in [-0.39, 0.29) is 22.2 Å². The molecule has 0 aromatic heterocycles. The lowest BCUT2D eigenvalue weighted by molar-refractivity contribution is -0.117. The maximum absolute atomic E-state index is 14.5. The fourth-order valence-corrected chi connectivity index (χ4v) is 5.29. The van der Waals surface area contributed by atoms with Crippen LogP contribution in [0.3, 0.4) is 0 Å². The second kappa shape index (κ2) is 13.9. The Labute approximate surface area is 263 Å². The van der Waals surface area contributed by atoms with Crippen LogP contribution in [0.4, 0.5) is 15.8 Å². The van der Waals surface area contributed by atoms with Gasteiger partial charge in [0.05, 0.1) is 9.77 Å². The molecule has 0 spiro atoms. The molecule has 4 rings (SSSR count). The van der Waals surface area contributed by atoms with Crippen molar-refractivity contribution in [1.82, 2.24) is 5.32 Å². The molecule has 43 heavy (non-hydrogen) atoms. The third kappa shape index (κ3) is 8.26. The average Bonchev–Trinajstić information content (AvgIpc) is 2.98. The molecular weight excluding hydrogens is 608 g/mol. The molecule has 0 fully saturated rings. The first-order valence-corrected chi connectivity index (χ1v) is 14.7. The van der Waals surface area contributed by atoms with E-state index >= 15 is 0 Å². The number of benzene rings is 4. The van der Waals surface area contributed by atoms with Crippen LogP contribution in [0.15, 0.2) is 102 Å². The molecule has 0 saturated heterocycles. The minimum atomic E-state index is -0.837. The molecule has 0 radical (unpaired) electrons. The van der Waals surface area contributed by atoms with Crippen molar-refractivity contribution in [3.05, 3.63) is 129 Å². The second-order valence-electron chi connectivity index (χ2n) is 9.97. The van der Waals surface area contributed by atoms with Crippen LogP contribution >= 0.6 is 35.0 Å². The van der Waals surface area contributed by atoms with Gasteiger partial charge in [0.25, 0.3) is 11.8 Å². The number of anilines is 2. The molecule has 220 valence electrons. The summed E-state index contributed by atoms with van der Waals surface area (Å²) in [5.41, 5.74) is 1.93. The molecule has 0 aliphatic heterocycles. The minimum absolute atomic E-state index is 0.0390. The van der Waals surface area contributed by atoms with Crippen LogP contribution in [0.25, 0.3) is 6.08 Å². The van der Waals surface area contributed by atoms with E-state index in [0.29, 0.717) is 22.0 Å². The maximum atomic E-state index is 14.5. The van der Waals surface area contributed by atoms with Gasteiger partial charge < -0.3 is 16.0 Å². The van der Waals surface area contributed by atoms with Crippen LogP contribution in [0.1, 0.15) is 35.3 Å². The van der Waals surface area contributed by atoms with Gasteiger partial charge in [-0.15, -0.1) is 11.8 Å². The first-order chi connectivity index (χ1) is 20.4. The molecular formula is C33H28Cl2FN3O3S. The van der Waals surface area contributed by atoms with E-state index in [1.54, 1.807) is 72.8 Å². The van der Waals surface area contributed by atoms with Gasteiger partial charge in [-0.1, -0.05) is 53.5 Å². The molecule has 10 heteroatoms. The molecule has 6 nitrogen and oxygen atoms in total. The summed E-state index contributed by atoms with van der Waals surface area (Å²) in [6, 6.07) is 24.7. The summed E-state index contributed by atoms with van der Waals surface area (Å²) >= 11 is 13.7.